The van der Waals surface area contributed by atoms with E-state index in [-0.39, 0.29) is 0 Å². The van der Waals surface area contributed by atoms with E-state index in [9.17, 15) is 9.90 Å². The smallest absolute Gasteiger partial charge is 0.326 e. The van der Waals surface area contributed by atoms with E-state index in [1.165, 1.54) is 0 Å². The van der Waals surface area contributed by atoms with Crippen LogP contribution in [0.25, 0.3) is 21.5 Å². The van der Waals surface area contributed by atoms with E-state index >= 15 is 0 Å². The molecule has 0 amide bonds. The van der Waals surface area contributed by atoms with E-state index in [0.717, 1.165) is 44.3 Å². The van der Waals surface area contributed by atoms with Gasteiger partial charge < -0.3 is 25.5 Å². The van der Waals surface area contributed by atoms with E-state index in [0.29, 0.717) is 19.4 Å². The topological polar surface area (TPSA) is 73.0 Å². The Morgan fingerprint density at radius 1 is 0.714 bits per heavy atom. The molecule has 6 nitrogen and oxygen atoms in total. The third kappa shape index (κ3) is 4.62. The Morgan fingerprint density at radius 3 is 1.43 bits per heavy atom. The Hall–Kier alpha value is -3.77. The maximum absolute atomic E-state index is 12.7. The molecule has 6 heteroatoms. The molecule has 0 aliphatic rings. The van der Waals surface area contributed by atoms with Crippen molar-refractivity contribution >= 4 is 50.3 Å². The number of carboxylic acids is 1. The van der Waals surface area contributed by atoms with Gasteiger partial charge in [-0.05, 0) is 43.7 Å². The third-order valence-corrected chi connectivity index (χ3v) is 6.51. The Balaban J connectivity index is 2.06. The molecule has 0 aromatic heterocycles. The second-order valence-electron chi connectivity index (χ2n) is 9.24. The molecular weight excluding hydrogens is 436 g/mol. The first-order valence-corrected chi connectivity index (χ1v) is 12.0. The Bertz CT molecular complexity index is 1260. The van der Waals surface area contributed by atoms with Crippen molar-refractivity contribution in [1.29, 1.82) is 0 Å². The number of rotatable bonds is 9. The summed E-state index contributed by atoms with van der Waals surface area (Å²) in [5.41, 5.74) is 9.74. The van der Waals surface area contributed by atoms with E-state index < -0.39 is 12.0 Å². The molecule has 4 rings (SSSR count). The summed E-state index contributed by atoms with van der Waals surface area (Å²) in [7, 11) is 8.09. The fraction of sp³-hybridized carbons (Fsp3) is 0.276. The molecule has 1 atom stereocenters. The molecule has 0 aliphatic carbocycles. The van der Waals surface area contributed by atoms with Gasteiger partial charge in [-0.25, -0.2) is 4.79 Å². The van der Waals surface area contributed by atoms with Crippen LogP contribution in [0.1, 0.15) is 12.8 Å². The zero-order valence-corrected chi connectivity index (χ0v) is 20.9. The van der Waals surface area contributed by atoms with Crippen molar-refractivity contribution in [3.63, 3.8) is 0 Å². The van der Waals surface area contributed by atoms with Gasteiger partial charge in [-0.1, -0.05) is 48.5 Å². The molecule has 4 aromatic carbocycles. The van der Waals surface area contributed by atoms with Crippen molar-refractivity contribution in [2.75, 3.05) is 49.4 Å². The average molecular weight is 471 g/mol. The predicted molar refractivity (Wildman–Crippen MR) is 148 cm³/mol. The second-order valence-corrected chi connectivity index (χ2v) is 9.24. The molecule has 0 saturated carbocycles. The lowest BCUT2D eigenvalue weighted by Gasteiger charge is -2.34. The van der Waals surface area contributed by atoms with E-state index in [2.05, 4.69) is 46.2 Å². The number of carbonyl (C=O) groups is 1. The lowest BCUT2D eigenvalue weighted by Crippen LogP contribution is -2.38. The summed E-state index contributed by atoms with van der Waals surface area (Å²) in [6.07, 6.45) is 1.06. The van der Waals surface area contributed by atoms with Crippen molar-refractivity contribution in [3.8, 4) is 0 Å². The Kier molecular flexibility index (Phi) is 7.12. The number of hydrogen-bond acceptors (Lipinski definition) is 5. The van der Waals surface area contributed by atoms with E-state index in [4.69, 9.17) is 5.73 Å². The van der Waals surface area contributed by atoms with Gasteiger partial charge in [0.2, 0.25) is 0 Å². The largest absolute Gasteiger partial charge is 0.480 e. The number of hydrogen-bond donors (Lipinski definition) is 2. The fourth-order valence-corrected chi connectivity index (χ4v) is 4.89. The van der Waals surface area contributed by atoms with Crippen LogP contribution in [0.15, 0.2) is 72.8 Å². The predicted octanol–water partition coefficient (Wildman–Crippen LogP) is 5.46. The molecule has 0 aliphatic heterocycles. The van der Waals surface area contributed by atoms with Gasteiger partial charge in [0.25, 0.3) is 0 Å². The highest BCUT2D eigenvalue weighted by Crippen LogP contribution is 2.42. The van der Waals surface area contributed by atoms with Gasteiger partial charge in [-0.15, -0.1) is 0 Å². The van der Waals surface area contributed by atoms with Crippen LogP contribution in [0.4, 0.5) is 22.7 Å². The highest BCUT2D eigenvalue weighted by molar-refractivity contribution is 6.08. The van der Waals surface area contributed by atoms with Crippen molar-refractivity contribution in [1.82, 2.24) is 0 Å². The minimum absolute atomic E-state index is 0.443. The van der Waals surface area contributed by atoms with E-state index in [1.54, 1.807) is 0 Å². The minimum atomic E-state index is -0.861. The number of aliphatic carboxylic acids is 1. The normalized spacial score (nSPS) is 12.0. The average Bonchev–Trinajstić information content (AvgIpc) is 2.85. The monoisotopic (exact) mass is 470 g/mol. The summed E-state index contributed by atoms with van der Waals surface area (Å²) < 4.78 is 0. The van der Waals surface area contributed by atoms with Gasteiger partial charge in [0.1, 0.15) is 6.04 Å². The number of nitrogens with two attached hydrogens (primary N) is 1. The highest BCUT2D eigenvalue weighted by atomic mass is 16.4. The summed E-state index contributed by atoms with van der Waals surface area (Å²) >= 11 is 0. The molecule has 0 fully saturated rings. The van der Waals surface area contributed by atoms with Crippen molar-refractivity contribution < 1.29 is 9.90 Å². The molecule has 0 heterocycles. The van der Waals surface area contributed by atoms with E-state index in [1.807, 2.05) is 69.5 Å². The number of anilines is 4. The quantitative estimate of drug-likeness (QED) is 0.339. The third-order valence-electron chi connectivity index (χ3n) is 6.51. The zero-order chi connectivity index (χ0) is 25.1. The fourth-order valence-electron chi connectivity index (χ4n) is 4.89. The molecule has 3 N–H and O–H groups in total. The van der Waals surface area contributed by atoms with Gasteiger partial charge in [-0.3, -0.25) is 0 Å². The van der Waals surface area contributed by atoms with Crippen molar-refractivity contribution in [3.05, 3.63) is 72.8 Å². The van der Waals surface area contributed by atoms with Crippen molar-refractivity contribution in [2.45, 2.75) is 18.9 Å². The molecule has 0 saturated heterocycles. The first kappa shape index (κ1) is 24.4. The van der Waals surface area contributed by atoms with Crippen LogP contribution in [0, 0.1) is 0 Å². The Morgan fingerprint density at radius 2 is 1.09 bits per heavy atom. The van der Waals surface area contributed by atoms with Gasteiger partial charge in [0, 0.05) is 72.5 Å². The molecule has 0 spiro atoms. The molecule has 0 unspecified atom stereocenters. The van der Waals surface area contributed by atoms with Gasteiger partial charge in [0.15, 0.2) is 0 Å². The van der Waals surface area contributed by atoms with Crippen molar-refractivity contribution in [2.24, 2.45) is 5.73 Å². The van der Waals surface area contributed by atoms with Crippen LogP contribution >= 0.6 is 0 Å². The van der Waals surface area contributed by atoms with Crippen LogP contribution in [0.2, 0.25) is 0 Å². The van der Waals surface area contributed by atoms with Crippen LogP contribution in [0.3, 0.4) is 0 Å². The lowest BCUT2D eigenvalue weighted by molar-refractivity contribution is -0.138. The van der Waals surface area contributed by atoms with Crippen LogP contribution in [0.5, 0.6) is 0 Å². The van der Waals surface area contributed by atoms with Crippen LogP contribution < -0.4 is 20.4 Å². The first-order chi connectivity index (χ1) is 16.8. The SMILES string of the molecule is CN(C)c1cccc2c(N(c3cccc4c(N(C)C)cccc34)[C@@H](CCCN)C(=O)O)cccc12. The molecule has 4 aromatic rings. The van der Waals surface area contributed by atoms with Crippen LogP contribution in [-0.2, 0) is 4.79 Å². The summed E-state index contributed by atoms with van der Waals surface area (Å²) in [6, 6.07) is 23.9. The Labute approximate surface area is 207 Å². The number of nitrogens with zero attached hydrogens (tertiary/aromatic N) is 3. The maximum atomic E-state index is 12.7. The lowest BCUT2D eigenvalue weighted by atomic mass is 9.99. The highest BCUT2D eigenvalue weighted by Gasteiger charge is 2.29. The first-order valence-electron chi connectivity index (χ1n) is 12.0. The number of benzene rings is 4. The summed E-state index contributed by atoms with van der Waals surface area (Å²) in [5, 5.41) is 14.6. The van der Waals surface area contributed by atoms with Gasteiger partial charge in [-0.2, -0.15) is 0 Å². The van der Waals surface area contributed by atoms with Gasteiger partial charge >= 0.3 is 5.97 Å². The van der Waals surface area contributed by atoms with Crippen LogP contribution in [-0.4, -0.2) is 51.9 Å². The molecule has 182 valence electrons. The standard InChI is InChI=1S/C29H34N4O2/c1-31(2)24-14-5-12-22-20(24)10-7-16-26(22)33(28(29(34)35)18-9-19-30)27-17-8-11-21-23(27)13-6-15-25(21)32(3)4/h5-8,10-17,28H,9,18-19,30H2,1-4H3,(H,34,35)/t28-/m0/s1. The number of carboxylic acid groups (broad SMARTS) is 1. The number of fused-ring (bicyclic) bond motifs is 2. The zero-order valence-electron chi connectivity index (χ0n) is 20.9. The molecule has 0 radical (unpaired) electrons. The summed E-state index contributed by atoms with van der Waals surface area (Å²) in [4.78, 5) is 18.9. The molecule has 35 heavy (non-hydrogen) atoms. The molecule has 0 bridgehead atoms. The summed E-state index contributed by atoms with van der Waals surface area (Å²) in [5.74, 6) is -0.861. The maximum Gasteiger partial charge on any atom is 0.326 e. The summed E-state index contributed by atoms with van der Waals surface area (Å²) in [6.45, 7) is 0.443. The minimum Gasteiger partial charge on any atom is -0.480 e. The second kappa shape index (κ2) is 10.2. The molecular formula is C29H34N4O2. The van der Waals surface area contributed by atoms with Gasteiger partial charge in [0.05, 0.1) is 0 Å².